The molecule has 29 heavy (non-hydrogen) atoms. The van der Waals surface area contributed by atoms with Gasteiger partial charge >= 0.3 is 0 Å². The van der Waals surface area contributed by atoms with Crippen molar-refractivity contribution in [3.8, 4) is 0 Å². The van der Waals surface area contributed by atoms with Crippen molar-refractivity contribution >= 4 is 40.0 Å². The Kier molecular flexibility index (Phi) is 12.8. The van der Waals surface area contributed by atoms with E-state index < -0.39 is 10.0 Å². The minimum Gasteiger partial charge on any atom is -0.378 e. The SMILES string of the molecule is CN=C(NCCCOC1CCCCC1)NCCNS(=O)(=O)c1ccc(C)cc1.I. The maximum Gasteiger partial charge on any atom is 0.240 e. The number of sulfonamides is 1. The van der Waals surface area contributed by atoms with E-state index in [-0.39, 0.29) is 35.4 Å². The largest absolute Gasteiger partial charge is 0.378 e. The summed E-state index contributed by atoms with van der Waals surface area (Å²) in [5.74, 6) is 0.659. The fourth-order valence-electron chi connectivity index (χ4n) is 3.15. The summed E-state index contributed by atoms with van der Waals surface area (Å²) in [6.07, 6.45) is 7.64. The molecule has 0 aliphatic heterocycles. The molecule has 0 aromatic heterocycles. The van der Waals surface area contributed by atoms with Gasteiger partial charge in [0.05, 0.1) is 11.0 Å². The number of rotatable bonds is 10. The summed E-state index contributed by atoms with van der Waals surface area (Å²) in [5.41, 5.74) is 1.03. The Morgan fingerprint density at radius 2 is 1.72 bits per heavy atom. The number of nitrogens with zero attached hydrogens (tertiary/aromatic N) is 1. The molecule has 1 aliphatic rings. The van der Waals surface area contributed by atoms with Crippen molar-refractivity contribution < 1.29 is 13.2 Å². The Morgan fingerprint density at radius 3 is 2.38 bits per heavy atom. The van der Waals surface area contributed by atoms with Crippen molar-refractivity contribution in [1.29, 1.82) is 0 Å². The van der Waals surface area contributed by atoms with E-state index in [9.17, 15) is 8.42 Å². The smallest absolute Gasteiger partial charge is 0.240 e. The second kappa shape index (κ2) is 14.2. The lowest BCUT2D eigenvalue weighted by molar-refractivity contribution is 0.0277. The number of halogens is 1. The van der Waals surface area contributed by atoms with Gasteiger partial charge in [-0.1, -0.05) is 37.0 Å². The van der Waals surface area contributed by atoms with Gasteiger partial charge in [-0.15, -0.1) is 24.0 Å². The third-order valence-corrected chi connectivity index (χ3v) is 6.26. The number of aryl methyl sites for hydroxylation is 1. The maximum atomic E-state index is 12.2. The van der Waals surface area contributed by atoms with Crippen molar-refractivity contribution in [3.63, 3.8) is 0 Å². The number of hydrogen-bond acceptors (Lipinski definition) is 4. The molecule has 0 saturated heterocycles. The van der Waals surface area contributed by atoms with Gasteiger partial charge in [-0.05, 0) is 38.3 Å². The van der Waals surface area contributed by atoms with Crippen LogP contribution in [0.25, 0.3) is 0 Å². The van der Waals surface area contributed by atoms with Crippen molar-refractivity contribution in [3.05, 3.63) is 29.8 Å². The van der Waals surface area contributed by atoms with Gasteiger partial charge in [0.15, 0.2) is 5.96 Å². The molecule has 0 heterocycles. The molecule has 1 fully saturated rings. The molecule has 1 aliphatic carbocycles. The maximum absolute atomic E-state index is 12.2. The average Bonchev–Trinajstić information content (AvgIpc) is 2.70. The quantitative estimate of drug-likeness (QED) is 0.185. The van der Waals surface area contributed by atoms with Crippen LogP contribution in [0, 0.1) is 6.92 Å². The lowest BCUT2D eigenvalue weighted by atomic mass is 9.98. The molecule has 0 amide bonds. The monoisotopic (exact) mass is 538 g/mol. The highest BCUT2D eigenvalue weighted by Gasteiger charge is 2.13. The number of hydrogen-bond donors (Lipinski definition) is 3. The Hall–Kier alpha value is -0.910. The third-order valence-electron chi connectivity index (χ3n) is 4.78. The summed E-state index contributed by atoms with van der Waals surface area (Å²) in [4.78, 5) is 4.43. The first-order chi connectivity index (χ1) is 13.5. The lowest BCUT2D eigenvalue weighted by Crippen LogP contribution is -2.42. The third kappa shape index (κ3) is 10.1. The second-order valence-electron chi connectivity index (χ2n) is 7.12. The molecule has 0 atom stereocenters. The van der Waals surface area contributed by atoms with Crippen LogP contribution in [-0.4, -0.2) is 53.8 Å². The van der Waals surface area contributed by atoms with Crippen LogP contribution in [-0.2, 0) is 14.8 Å². The minimum atomic E-state index is -3.48. The van der Waals surface area contributed by atoms with Gasteiger partial charge in [-0.3, -0.25) is 4.99 Å². The van der Waals surface area contributed by atoms with Gasteiger partial charge in [-0.25, -0.2) is 13.1 Å². The average molecular weight is 538 g/mol. The van der Waals surface area contributed by atoms with Crippen LogP contribution in [0.2, 0.25) is 0 Å². The minimum absolute atomic E-state index is 0. The lowest BCUT2D eigenvalue weighted by Gasteiger charge is -2.22. The highest BCUT2D eigenvalue weighted by Crippen LogP contribution is 2.20. The van der Waals surface area contributed by atoms with Crippen LogP contribution in [0.3, 0.4) is 0 Å². The van der Waals surface area contributed by atoms with E-state index >= 15 is 0 Å². The van der Waals surface area contributed by atoms with E-state index in [0.29, 0.717) is 18.6 Å². The van der Waals surface area contributed by atoms with Crippen LogP contribution in [0.1, 0.15) is 44.1 Å². The van der Waals surface area contributed by atoms with E-state index in [1.54, 1.807) is 31.3 Å². The van der Waals surface area contributed by atoms with Gasteiger partial charge in [0.2, 0.25) is 10.0 Å². The van der Waals surface area contributed by atoms with E-state index in [4.69, 9.17) is 4.74 Å². The topological polar surface area (TPSA) is 91.8 Å². The molecule has 1 aromatic carbocycles. The normalized spacial score (nSPS) is 15.6. The van der Waals surface area contributed by atoms with Crippen molar-refractivity contribution in [2.75, 3.05) is 33.3 Å². The van der Waals surface area contributed by atoms with Crippen LogP contribution in [0.5, 0.6) is 0 Å². The number of nitrogens with one attached hydrogen (secondary N) is 3. The Labute approximate surface area is 192 Å². The fourth-order valence-corrected chi connectivity index (χ4v) is 4.18. The molecule has 166 valence electrons. The van der Waals surface area contributed by atoms with Crippen molar-refractivity contribution in [2.24, 2.45) is 4.99 Å². The molecule has 7 nitrogen and oxygen atoms in total. The number of aliphatic imine (C=N–C) groups is 1. The molecule has 1 saturated carbocycles. The first-order valence-electron chi connectivity index (χ1n) is 10.1. The predicted octanol–water partition coefficient (Wildman–Crippen LogP) is 2.80. The summed E-state index contributed by atoms with van der Waals surface area (Å²) in [7, 11) is -1.78. The summed E-state index contributed by atoms with van der Waals surface area (Å²) in [6.45, 7) is 4.17. The van der Waals surface area contributed by atoms with Crippen LogP contribution < -0.4 is 15.4 Å². The molecule has 3 N–H and O–H groups in total. The van der Waals surface area contributed by atoms with E-state index in [0.717, 1.165) is 25.1 Å². The summed E-state index contributed by atoms with van der Waals surface area (Å²) >= 11 is 0. The molecular weight excluding hydrogens is 503 g/mol. The van der Waals surface area contributed by atoms with Crippen molar-refractivity contribution in [2.45, 2.75) is 56.4 Å². The Balaban J connectivity index is 0.00000420. The van der Waals surface area contributed by atoms with Crippen LogP contribution in [0.4, 0.5) is 0 Å². The summed E-state index contributed by atoms with van der Waals surface area (Å²) in [5, 5.41) is 6.34. The van der Waals surface area contributed by atoms with Gasteiger partial charge in [0, 0.05) is 33.3 Å². The van der Waals surface area contributed by atoms with Crippen LogP contribution in [0.15, 0.2) is 34.2 Å². The molecular formula is C20H35IN4O3S. The standard InChI is InChI=1S/C20H34N4O3S.HI/c1-17-9-11-19(12-10-17)28(25,26)24-15-14-23-20(21-2)22-13-6-16-27-18-7-4-3-5-8-18;/h9-12,18,24H,3-8,13-16H2,1-2H3,(H2,21,22,23);1H. The zero-order chi connectivity index (χ0) is 20.2. The molecule has 1 aromatic rings. The van der Waals surface area contributed by atoms with Gasteiger partial charge in [0.1, 0.15) is 0 Å². The molecule has 0 unspecified atom stereocenters. The molecule has 9 heteroatoms. The van der Waals surface area contributed by atoms with E-state index in [2.05, 4.69) is 20.3 Å². The van der Waals surface area contributed by atoms with Gasteiger partial charge < -0.3 is 15.4 Å². The highest BCUT2D eigenvalue weighted by molar-refractivity contribution is 14.0. The molecule has 0 radical (unpaired) electrons. The Bertz CT molecular complexity index is 705. The zero-order valence-corrected chi connectivity index (χ0v) is 20.6. The highest BCUT2D eigenvalue weighted by atomic mass is 127. The Morgan fingerprint density at radius 1 is 1.07 bits per heavy atom. The molecule has 0 bridgehead atoms. The summed E-state index contributed by atoms with van der Waals surface area (Å²) in [6, 6.07) is 6.80. The zero-order valence-electron chi connectivity index (χ0n) is 17.4. The molecule has 2 rings (SSSR count). The summed E-state index contributed by atoms with van der Waals surface area (Å²) < 4.78 is 33.0. The van der Waals surface area contributed by atoms with Gasteiger partial charge in [0.25, 0.3) is 0 Å². The van der Waals surface area contributed by atoms with Crippen LogP contribution >= 0.6 is 24.0 Å². The first-order valence-corrected chi connectivity index (χ1v) is 11.6. The van der Waals surface area contributed by atoms with Crippen molar-refractivity contribution in [1.82, 2.24) is 15.4 Å². The number of benzene rings is 1. The van der Waals surface area contributed by atoms with Gasteiger partial charge in [-0.2, -0.15) is 0 Å². The molecule has 0 spiro atoms. The van der Waals surface area contributed by atoms with E-state index in [1.165, 1.54) is 32.1 Å². The number of guanidine groups is 1. The predicted molar refractivity (Wildman–Crippen MR) is 129 cm³/mol. The fraction of sp³-hybridized carbons (Fsp3) is 0.650. The second-order valence-corrected chi connectivity index (χ2v) is 8.89. The van der Waals surface area contributed by atoms with E-state index in [1.807, 2.05) is 6.92 Å². The first kappa shape index (κ1) is 26.1. The number of ether oxygens (including phenoxy) is 1.